The molecule has 7 nitrogen and oxygen atoms in total. The molecule has 0 spiro atoms. The molecule has 0 radical (unpaired) electrons. The number of likely N-dealkylation sites (N-methyl/N-ethyl adjacent to an activating group) is 1. The number of anilines is 2. The van der Waals surface area contributed by atoms with Crippen molar-refractivity contribution in [1.29, 1.82) is 0 Å². The first-order chi connectivity index (χ1) is 14.9. The molecule has 0 aliphatic carbocycles. The second-order valence-corrected chi connectivity index (χ2v) is 7.86. The van der Waals surface area contributed by atoms with Gasteiger partial charge in [0.2, 0.25) is 0 Å². The van der Waals surface area contributed by atoms with Crippen molar-refractivity contribution in [2.24, 2.45) is 0 Å². The molecule has 1 aliphatic heterocycles. The summed E-state index contributed by atoms with van der Waals surface area (Å²) in [5.74, 6) is -0.0241. The molecule has 7 heteroatoms. The van der Waals surface area contributed by atoms with Gasteiger partial charge in [-0.15, -0.1) is 0 Å². The number of amides is 1. The molecular weight excluding hydrogens is 394 g/mol. The van der Waals surface area contributed by atoms with Gasteiger partial charge >= 0.3 is 6.16 Å². The van der Waals surface area contributed by atoms with Crippen LogP contribution in [0.15, 0.2) is 48.2 Å². The number of carbonyl (C=O) groups is 2. The number of nitrogens with zero attached hydrogens (tertiary/aromatic N) is 1. The molecule has 0 saturated carbocycles. The highest BCUT2D eigenvalue weighted by Gasteiger charge is 2.28. The first-order valence-corrected chi connectivity index (χ1v) is 10.5. The molecule has 0 aromatic heterocycles. The molecule has 2 aromatic carbocycles. The summed E-state index contributed by atoms with van der Waals surface area (Å²) < 4.78 is 4.79. The fourth-order valence-electron chi connectivity index (χ4n) is 3.50. The quantitative estimate of drug-likeness (QED) is 0.305. The molecule has 3 rings (SSSR count). The maximum atomic E-state index is 12.8. The Balaban J connectivity index is 1.91. The van der Waals surface area contributed by atoms with Crippen molar-refractivity contribution in [1.82, 2.24) is 4.90 Å². The van der Waals surface area contributed by atoms with Gasteiger partial charge in [-0.05, 0) is 69.3 Å². The van der Waals surface area contributed by atoms with Gasteiger partial charge in [-0.1, -0.05) is 25.5 Å². The summed E-state index contributed by atoms with van der Waals surface area (Å²) in [6, 6.07) is 13.0. The minimum absolute atomic E-state index is 0.181. The lowest BCUT2D eigenvalue weighted by molar-refractivity contribution is -0.110. The van der Waals surface area contributed by atoms with E-state index in [0.717, 1.165) is 37.2 Å². The van der Waals surface area contributed by atoms with Crippen LogP contribution in [0.2, 0.25) is 0 Å². The first-order valence-electron chi connectivity index (χ1n) is 10.5. The standard InChI is InChI=1S/C24H29N3O4/c1-4-5-6-21(25-17-9-7-16(8-10-17)13-14-27(2)3)22-19-15-18(31-24(29)30)11-12-20(19)26-23(22)28/h7-12,15,25H,4-6,13-14H2,1-3H3,(H,26,28)(H,29,30)/b22-21-. The molecule has 1 heterocycles. The number of carbonyl (C=O) groups excluding carboxylic acids is 1. The van der Waals surface area contributed by atoms with E-state index < -0.39 is 6.16 Å². The molecule has 1 amide bonds. The van der Waals surface area contributed by atoms with Crippen LogP contribution in [-0.4, -0.2) is 42.7 Å². The van der Waals surface area contributed by atoms with Crippen LogP contribution in [0.1, 0.15) is 37.3 Å². The zero-order valence-electron chi connectivity index (χ0n) is 18.2. The Bertz CT molecular complexity index is 981. The molecule has 0 saturated heterocycles. The van der Waals surface area contributed by atoms with Crippen molar-refractivity contribution in [3.63, 3.8) is 0 Å². The van der Waals surface area contributed by atoms with E-state index in [9.17, 15) is 9.59 Å². The predicted molar refractivity (Wildman–Crippen MR) is 122 cm³/mol. The Morgan fingerprint density at radius 1 is 1.16 bits per heavy atom. The topological polar surface area (TPSA) is 90.9 Å². The number of ether oxygens (including phenoxy) is 1. The van der Waals surface area contributed by atoms with Crippen molar-refractivity contribution in [3.05, 3.63) is 59.3 Å². The normalized spacial score (nSPS) is 14.3. The van der Waals surface area contributed by atoms with Crippen molar-refractivity contribution < 1.29 is 19.4 Å². The van der Waals surface area contributed by atoms with Gasteiger partial charge in [0.1, 0.15) is 5.75 Å². The summed E-state index contributed by atoms with van der Waals surface area (Å²) in [7, 11) is 4.11. The number of fused-ring (bicyclic) bond motifs is 1. The summed E-state index contributed by atoms with van der Waals surface area (Å²) in [5, 5.41) is 15.2. The summed E-state index contributed by atoms with van der Waals surface area (Å²) in [6.07, 6.45) is 2.19. The van der Waals surface area contributed by atoms with Crippen LogP contribution in [0.3, 0.4) is 0 Å². The fourth-order valence-corrected chi connectivity index (χ4v) is 3.50. The van der Waals surface area contributed by atoms with Crippen LogP contribution in [0.4, 0.5) is 16.2 Å². The molecular formula is C24H29N3O4. The van der Waals surface area contributed by atoms with Crippen molar-refractivity contribution in [3.8, 4) is 5.75 Å². The summed E-state index contributed by atoms with van der Waals surface area (Å²) in [6.45, 7) is 3.08. The highest BCUT2D eigenvalue weighted by atomic mass is 16.7. The highest BCUT2D eigenvalue weighted by molar-refractivity contribution is 6.32. The molecule has 164 valence electrons. The van der Waals surface area contributed by atoms with Gasteiger partial charge in [0.05, 0.1) is 5.57 Å². The Morgan fingerprint density at radius 2 is 1.90 bits per heavy atom. The molecule has 31 heavy (non-hydrogen) atoms. The number of rotatable bonds is 9. The van der Waals surface area contributed by atoms with Gasteiger partial charge in [-0.3, -0.25) is 4.79 Å². The zero-order chi connectivity index (χ0) is 22.4. The average Bonchev–Trinajstić information content (AvgIpc) is 3.05. The second kappa shape index (κ2) is 10.1. The van der Waals surface area contributed by atoms with E-state index in [2.05, 4.69) is 48.7 Å². The summed E-state index contributed by atoms with van der Waals surface area (Å²) >= 11 is 0. The third-order valence-corrected chi connectivity index (χ3v) is 5.12. The van der Waals surface area contributed by atoms with Gasteiger partial charge in [-0.25, -0.2) is 4.79 Å². The Kier molecular flexibility index (Phi) is 7.31. The van der Waals surface area contributed by atoms with Crippen molar-refractivity contribution in [2.45, 2.75) is 32.6 Å². The largest absolute Gasteiger partial charge is 0.511 e. The van der Waals surface area contributed by atoms with E-state index in [1.807, 2.05) is 12.1 Å². The molecule has 1 aliphatic rings. The van der Waals surface area contributed by atoms with Crippen LogP contribution in [0, 0.1) is 0 Å². The third kappa shape index (κ3) is 5.86. The van der Waals surface area contributed by atoms with Crippen LogP contribution in [0.25, 0.3) is 5.57 Å². The SMILES string of the molecule is CCCC/C(Nc1ccc(CCN(C)C)cc1)=C1/C(=O)Nc2ccc(OC(=O)O)cc21. The van der Waals surface area contributed by atoms with Crippen LogP contribution in [-0.2, 0) is 11.2 Å². The number of carboxylic acid groups (broad SMARTS) is 1. The average molecular weight is 424 g/mol. The second-order valence-electron chi connectivity index (χ2n) is 7.86. The predicted octanol–water partition coefficient (Wildman–Crippen LogP) is 4.81. The Hall–Kier alpha value is -3.32. The van der Waals surface area contributed by atoms with Gasteiger partial charge in [-0.2, -0.15) is 0 Å². The van der Waals surface area contributed by atoms with Crippen LogP contribution < -0.4 is 15.4 Å². The first kappa shape index (κ1) is 22.4. The third-order valence-electron chi connectivity index (χ3n) is 5.12. The minimum Gasteiger partial charge on any atom is -0.449 e. The van der Waals surface area contributed by atoms with E-state index in [4.69, 9.17) is 9.84 Å². The Labute approximate surface area is 182 Å². The van der Waals surface area contributed by atoms with E-state index in [-0.39, 0.29) is 11.7 Å². The van der Waals surface area contributed by atoms with Gasteiger partial charge in [0.15, 0.2) is 0 Å². The number of allylic oxidation sites excluding steroid dienone is 1. The number of hydrogen-bond acceptors (Lipinski definition) is 5. The minimum atomic E-state index is -1.39. The number of unbranched alkanes of at least 4 members (excludes halogenated alkanes) is 1. The number of benzene rings is 2. The molecule has 0 fully saturated rings. The Morgan fingerprint density at radius 3 is 2.55 bits per heavy atom. The monoisotopic (exact) mass is 423 g/mol. The van der Waals surface area contributed by atoms with E-state index >= 15 is 0 Å². The molecule has 0 bridgehead atoms. The smallest absolute Gasteiger partial charge is 0.449 e. The van der Waals surface area contributed by atoms with Crippen LogP contribution in [0.5, 0.6) is 5.75 Å². The maximum absolute atomic E-state index is 12.8. The molecule has 2 aromatic rings. The summed E-state index contributed by atoms with van der Waals surface area (Å²) in [4.78, 5) is 25.9. The van der Waals surface area contributed by atoms with Crippen LogP contribution >= 0.6 is 0 Å². The van der Waals surface area contributed by atoms with Gasteiger partial charge in [0, 0.05) is 29.2 Å². The lowest BCUT2D eigenvalue weighted by Gasteiger charge is -2.15. The molecule has 3 N–H and O–H groups in total. The highest BCUT2D eigenvalue weighted by Crippen LogP contribution is 2.37. The van der Waals surface area contributed by atoms with Crippen molar-refractivity contribution >= 4 is 29.0 Å². The lowest BCUT2D eigenvalue weighted by Crippen LogP contribution is -2.15. The molecule has 0 unspecified atom stereocenters. The summed E-state index contributed by atoms with van der Waals surface area (Å²) in [5.41, 5.74) is 4.79. The number of nitrogens with one attached hydrogen (secondary N) is 2. The fraction of sp³-hybridized carbons (Fsp3) is 0.333. The van der Waals surface area contributed by atoms with E-state index in [1.165, 1.54) is 11.6 Å². The van der Waals surface area contributed by atoms with Gasteiger partial charge < -0.3 is 25.4 Å². The van der Waals surface area contributed by atoms with Crippen molar-refractivity contribution in [2.75, 3.05) is 31.3 Å². The molecule has 0 atom stereocenters. The van der Waals surface area contributed by atoms with E-state index in [1.54, 1.807) is 12.1 Å². The maximum Gasteiger partial charge on any atom is 0.511 e. The number of hydrogen-bond donors (Lipinski definition) is 3. The zero-order valence-corrected chi connectivity index (χ0v) is 18.2. The van der Waals surface area contributed by atoms with Gasteiger partial charge in [0.25, 0.3) is 5.91 Å². The lowest BCUT2D eigenvalue weighted by atomic mass is 10.0. The van der Waals surface area contributed by atoms with E-state index in [0.29, 0.717) is 23.2 Å².